The number of carbonyl (C=O) groups is 2. The first kappa shape index (κ1) is 21.4. The van der Waals surface area contributed by atoms with Crippen molar-refractivity contribution in [3.05, 3.63) is 84.2 Å². The molecule has 6 nitrogen and oxygen atoms in total. The highest BCUT2D eigenvalue weighted by Crippen LogP contribution is 2.38. The van der Waals surface area contributed by atoms with Crippen LogP contribution in [0.15, 0.2) is 72.8 Å². The van der Waals surface area contributed by atoms with Crippen molar-refractivity contribution in [1.82, 2.24) is 0 Å². The van der Waals surface area contributed by atoms with E-state index in [1.807, 2.05) is 31.1 Å². The maximum absolute atomic E-state index is 14.7. The van der Waals surface area contributed by atoms with E-state index in [-0.39, 0.29) is 24.0 Å². The van der Waals surface area contributed by atoms with Gasteiger partial charge in [0.05, 0.1) is 18.5 Å². The Bertz CT molecular complexity index is 1150. The monoisotopic (exact) mass is 433 g/mol. The largest absolute Gasteiger partial charge is 0.495 e. The molecule has 0 spiro atoms. The summed E-state index contributed by atoms with van der Waals surface area (Å²) in [5.41, 5.74) is 2.11. The number of benzene rings is 3. The molecule has 0 unspecified atom stereocenters. The second-order valence-corrected chi connectivity index (χ2v) is 7.70. The molecule has 32 heavy (non-hydrogen) atoms. The summed E-state index contributed by atoms with van der Waals surface area (Å²) in [6.07, 6.45) is 0. The summed E-state index contributed by atoms with van der Waals surface area (Å²) in [5, 5.41) is 0. The SMILES string of the molecule is COc1ccccc1N1CC(=O)N(c2ccccc2F)[C@H](c2ccc(N(C)C)cc2)C1=O. The summed E-state index contributed by atoms with van der Waals surface area (Å²) >= 11 is 0. The smallest absolute Gasteiger partial charge is 0.255 e. The van der Waals surface area contributed by atoms with Crippen LogP contribution in [-0.2, 0) is 9.59 Å². The maximum Gasteiger partial charge on any atom is 0.255 e. The van der Waals surface area contributed by atoms with Crippen LogP contribution >= 0.6 is 0 Å². The van der Waals surface area contributed by atoms with Gasteiger partial charge >= 0.3 is 0 Å². The summed E-state index contributed by atoms with van der Waals surface area (Å²) in [4.78, 5) is 31.8. The van der Waals surface area contributed by atoms with E-state index in [9.17, 15) is 14.0 Å². The molecular formula is C25H24FN3O3. The minimum atomic E-state index is -1.02. The van der Waals surface area contributed by atoms with Crippen LogP contribution in [0.25, 0.3) is 0 Å². The first-order valence-electron chi connectivity index (χ1n) is 10.2. The third-order valence-electron chi connectivity index (χ3n) is 5.53. The van der Waals surface area contributed by atoms with E-state index in [1.165, 1.54) is 29.0 Å². The predicted octanol–water partition coefficient (Wildman–Crippen LogP) is 4.02. The Labute approximate surface area is 186 Å². The van der Waals surface area contributed by atoms with E-state index in [0.29, 0.717) is 17.0 Å². The Morgan fingerprint density at radius 2 is 1.53 bits per heavy atom. The Morgan fingerprint density at radius 3 is 2.16 bits per heavy atom. The predicted molar refractivity (Wildman–Crippen MR) is 123 cm³/mol. The van der Waals surface area contributed by atoms with Crippen LogP contribution in [-0.4, -0.2) is 39.6 Å². The molecule has 3 aromatic rings. The molecule has 1 fully saturated rings. The van der Waals surface area contributed by atoms with Gasteiger partial charge in [-0.25, -0.2) is 4.39 Å². The Morgan fingerprint density at radius 1 is 0.906 bits per heavy atom. The fourth-order valence-corrected chi connectivity index (χ4v) is 3.91. The van der Waals surface area contributed by atoms with E-state index in [0.717, 1.165) is 5.69 Å². The van der Waals surface area contributed by atoms with Crippen LogP contribution in [0.1, 0.15) is 11.6 Å². The average molecular weight is 433 g/mol. The molecule has 1 aliphatic heterocycles. The molecule has 0 N–H and O–H groups in total. The molecule has 1 saturated heterocycles. The van der Waals surface area contributed by atoms with Crippen molar-refractivity contribution in [1.29, 1.82) is 0 Å². The zero-order valence-corrected chi connectivity index (χ0v) is 18.2. The number of amides is 2. The molecule has 0 aliphatic carbocycles. The lowest BCUT2D eigenvalue weighted by atomic mass is 9.98. The van der Waals surface area contributed by atoms with Crippen LogP contribution in [0.4, 0.5) is 21.5 Å². The van der Waals surface area contributed by atoms with Gasteiger partial charge in [0.15, 0.2) is 0 Å². The molecule has 4 rings (SSSR count). The maximum atomic E-state index is 14.7. The molecule has 3 aromatic carbocycles. The lowest BCUT2D eigenvalue weighted by Crippen LogP contribution is -2.56. The number of hydrogen-bond acceptors (Lipinski definition) is 4. The third kappa shape index (κ3) is 3.77. The number of methoxy groups -OCH3 is 1. The third-order valence-corrected chi connectivity index (χ3v) is 5.53. The van der Waals surface area contributed by atoms with E-state index < -0.39 is 11.9 Å². The number of carbonyl (C=O) groups excluding carboxylic acids is 2. The van der Waals surface area contributed by atoms with E-state index in [2.05, 4.69) is 0 Å². The van der Waals surface area contributed by atoms with Gasteiger partial charge in [0.25, 0.3) is 5.91 Å². The van der Waals surface area contributed by atoms with E-state index in [4.69, 9.17) is 4.74 Å². The lowest BCUT2D eigenvalue weighted by molar-refractivity contribution is -0.128. The molecule has 0 bridgehead atoms. The molecular weight excluding hydrogens is 409 g/mol. The van der Waals surface area contributed by atoms with Gasteiger partial charge in [-0.3, -0.25) is 19.4 Å². The standard InChI is InChI=1S/C25H24FN3O3/c1-27(2)18-14-12-17(13-15-18)24-25(31)28(21-10-6-7-11-22(21)32-3)16-23(30)29(24)20-9-5-4-8-19(20)26/h4-15,24H,16H2,1-3H3/t24-/m1/s1. The van der Waals surface area contributed by atoms with Crippen LogP contribution < -0.4 is 19.4 Å². The summed E-state index contributed by atoms with van der Waals surface area (Å²) in [5.74, 6) is -0.804. The second kappa shape index (κ2) is 8.70. The highest BCUT2D eigenvalue weighted by atomic mass is 19.1. The van der Waals surface area contributed by atoms with Crippen molar-refractivity contribution in [2.75, 3.05) is 42.4 Å². The van der Waals surface area contributed by atoms with E-state index >= 15 is 0 Å². The van der Waals surface area contributed by atoms with Crippen molar-refractivity contribution >= 4 is 28.9 Å². The minimum absolute atomic E-state index is 0.0761. The molecule has 164 valence electrons. The zero-order chi connectivity index (χ0) is 22.8. The van der Waals surface area contributed by atoms with Gasteiger partial charge in [0.1, 0.15) is 24.2 Å². The number of para-hydroxylation sites is 3. The summed E-state index contributed by atoms with van der Waals surface area (Å²) in [6.45, 7) is -0.222. The van der Waals surface area contributed by atoms with Crippen LogP contribution in [0.2, 0.25) is 0 Å². The second-order valence-electron chi connectivity index (χ2n) is 7.70. The Hall–Kier alpha value is -3.87. The molecule has 1 aliphatic rings. The fraction of sp³-hybridized carbons (Fsp3) is 0.200. The van der Waals surface area contributed by atoms with Crippen LogP contribution in [0.5, 0.6) is 5.75 Å². The van der Waals surface area contributed by atoms with Crippen LogP contribution in [0, 0.1) is 5.82 Å². The van der Waals surface area contributed by atoms with Crippen molar-refractivity contribution in [2.45, 2.75) is 6.04 Å². The molecule has 0 radical (unpaired) electrons. The Balaban J connectivity index is 1.84. The van der Waals surface area contributed by atoms with Crippen molar-refractivity contribution in [2.24, 2.45) is 0 Å². The molecule has 1 heterocycles. The lowest BCUT2D eigenvalue weighted by Gasteiger charge is -2.40. The number of anilines is 3. The van der Waals surface area contributed by atoms with Crippen molar-refractivity contribution < 1.29 is 18.7 Å². The molecule has 7 heteroatoms. The Kier molecular flexibility index (Phi) is 5.81. The van der Waals surface area contributed by atoms with Gasteiger partial charge in [0.2, 0.25) is 5.91 Å². The van der Waals surface area contributed by atoms with E-state index in [1.54, 1.807) is 48.5 Å². The highest BCUT2D eigenvalue weighted by molar-refractivity contribution is 6.15. The number of halogens is 1. The molecule has 0 saturated carbocycles. The highest BCUT2D eigenvalue weighted by Gasteiger charge is 2.43. The van der Waals surface area contributed by atoms with Gasteiger partial charge in [-0.15, -0.1) is 0 Å². The van der Waals surface area contributed by atoms with Gasteiger partial charge < -0.3 is 9.64 Å². The minimum Gasteiger partial charge on any atom is -0.495 e. The first-order valence-corrected chi connectivity index (χ1v) is 10.2. The van der Waals surface area contributed by atoms with Gasteiger partial charge in [-0.2, -0.15) is 0 Å². The topological polar surface area (TPSA) is 53.1 Å². The number of nitrogens with zero attached hydrogens (tertiary/aromatic N) is 3. The molecule has 0 aromatic heterocycles. The van der Waals surface area contributed by atoms with Crippen molar-refractivity contribution in [3.63, 3.8) is 0 Å². The molecule has 2 amide bonds. The normalized spacial score (nSPS) is 16.3. The number of rotatable bonds is 5. The number of piperazine rings is 1. The van der Waals surface area contributed by atoms with Gasteiger partial charge in [-0.05, 0) is 42.0 Å². The van der Waals surface area contributed by atoms with Gasteiger partial charge in [-0.1, -0.05) is 36.4 Å². The van der Waals surface area contributed by atoms with Gasteiger partial charge in [0, 0.05) is 19.8 Å². The van der Waals surface area contributed by atoms with Crippen molar-refractivity contribution in [3.8, 4) is 5.75 Å². The quantitative estimate of drug-likeness (QED) is 0.610. The summed E-state index contributed by atoms with van der Waals surface area (Å²) in [6, 6.07) is 19.3. The first-order chi connectivity index (χ1) is 15.4. The summed E-state index contributed by atoms with van der Waals surface area (Å²) < 4.78 is 20.1. The zero-order valence-electron chi connectivity index (χ0n) is 18.2. The fourth-order valence-electron chi connectivity index (χ4n) is 3.91. The van der Waals surface area contributed by atoms with Crippen LogP contribution in [0.3, 0.4) is 0 Å². The number of ether oxygens (including phenoxy) is 1. The average Bonchev–Trinajstić information content (AvgIpc) is 2.80. The number of hydrogen-bond donors (Lipinski definition) is 0. The summed E-state index contributed by atoms with van der Waals surface area (Å²) in [7, 11) is 5.34. The molecule has 1 atom stereocenters.